The number of carbonyl (C=O) groups excluding carboxylic acids is 1. The summed E-state index contributed by atoms with van der Waals surface area (Å²) in [6.45, 7) is 6.20. The van der Waals surface area contributed by atoms with E-state index in [1.807, 2.05) is 20.8 Å². The molecule has 0 aliphatic rings. The molecule has 0 radical (unpaired) electrons. The quantitative estimate of drug-likeness (QED) is 0.572. The van der Waals surface area contributed by atoms with E-state index in [0.717, 1.165) is 6.42 Å². The number of nitrogens with two attached hydrogens (primary N) is 1. The van der Waals surface area contributed by atoms with Crippen LogP contribution in [0.2, 0.25) is 0 Å². The van der Waals surface area contributed by atoms with Crippen molar-refractivity contribution in [1.29, 1.82) is 0 Å². The Hall–Kier alpha value is -0.610. The Labute approximate surface area is 85.9 Å². The van der Waals surface area contributed by atoms with Gasteiger partial charge in [0.2, 0.25) is 5.91 Å². The second kappa shape index (κ2) is 6.79. The molecule has 4 heteroatoms. The first-order chi connectivity index (χ1) is 6.56. The Morgan fingerprint density at radius 2 is 2.07 bits per heavy atom. The Morgan fingerprint density at radius 1 is 1.50 bits per heavy atom. The molecule has 0 fully saturated rings. The van der Waals surface area contributed by atoms with Gasteiger partial charge in [0, 0.05) is 6.54 Å². The van der Waals surface area contributed by atoms with Gasteiger partial charge in [0.05, 0.1) is 18.6 Å². The zero-order valence-corrected chi connectivity index (χ0v) is 9.29. The zero-order valence-electron chi connectivity index (χ0n) is 9.29. The lowest BCUT2D eigenvalue weighted by molar-refractivity contribution is -0.127. The number of hydrogen-bond donors (Lipinski definition) is 3. The van der Waals surface area contributed by atoms with Gasteiger partial charge in [-0.05, 0) is 12.3 Å². The lowest BCUT2D eigenvalue weighted by atomic mass is 9.95. The van der Waals surface area contributed by atoms with E-state index in [2.05, 4.69) is 5.32 Å². The van der Waals surface area contributed by atoms with Crippen molar-refractivity contribution in [3.05, 3.63) is 0 Å². The van der Waals surface area contributed by atoms with Crippen LogP contribution in [0, 0.1) is 11.8 Å². The van der Waals surface area contributed by atoms with Gasteiger partial charge in [-0.1, -0.05) is 20.8 Å². The minimum atomic E-state index is -0.157. The molecule has 0 aliphatic heterocycles. The largest absolute Gasteiger partial charge is 0.394 e. The molecule has 0 saturated carbocycles. The number of hydrogen-bond acceptors (Lipinski definition) is 3. The zero-order chi connectivity index (χ0) is 11.1. The molecule has 0 aromatic carbocycles. The predicted molar refractivity (Wildman–Crippen MR) is 56.7 cm³/mol. The van der Waals surface area contributed by atoms with Gasteiger partial charge >= 0.3 is 0 Å². The first kappa shape index (κ1) is 13.4. The van der Waals surface area contributed by atoms with Gasteiger partial charge in [0.1, 0.15) is 0 Å². The van der Waals surface area contributed by atoms with E-state index in [9.17, 15) is 4.79 Å². The third-order valence-electron chi connectivity index (χ3n) is 2.46. The number of aliphatic hydroxyl groups excluding tert-OH is 1. The molecule has 0 aliphatic carbocycles. The predicted octanol–water partition coefficient (Wildman–Crippen LogP) is 0.104. The average Bonchev–Trinajstić information content (AvgIpc) is 2.14. The van der Waals surface area contributed by atoms with E-state index < -0.39 is 0 Å². The molecule has 2 atom stereocenters. The smallest absolute Gasteiger partial charge is 0.224 e. The van der Waals surface area contributed by atoms with Crippen LogP contribution in [-0.4, -0.2) is 30.2 Å². The summed E-state index contributed by atoms with van der Waals surface area (Å²) in [5, 5.41) is 11.7. The van der Waals surface area contributed by atoms with Gasteiger partial charge in [0.25, 0.3) is 0 Å². The Kier molecular flexibility index (Phi) is 6.49. The first-order valence-electron chi connectivity index (χ1n) is 5.18. The number of aliphatic hydroxyl groups is 1. The lowest BCUT2D eigenvalue weighted by Crippen LogP contribution is -2.44. The van der Waals surface area contributed by atoms with Gasteiger partial charge in [0.15, 0.2) is 0 Å². The number of amides is 1. The second-order valence-corrected chi connectivity index (χ2v) is 3.88. The fourth-order valence-electron chi connectivity index (χ4n) is 1.27. The highest BCUT2D eigenvalue weighted by Crippen LogP contribution is 2.09. The molecule has 0 aromatic heterocycles. The SMILES string of the molecule is CC[C@@H](CO)NC(=O)C(CN)C(C)C. The van der Waals surface area contributed by atoms with Crippen molar-refractivity contribution < 1.29 is 9.90 Å². The third kappa shape index (κ3) is 4.07. The molecule has 4 N–H and O–H groups in total. The fraction of sp³-hybridized carbons (Fsp3) is 0.900. The summed E-state index contributed by atoms with van der Waals surface area (Å²) in [7, 11) is 0. The normalized spacial score (nSPS) is 15.3. The lowest BCUT2D eigenvalue weighted by Gasteiger charge is -2.21. The van der Waals surface area contributed by atoms with Crippen molar-refractivity contribution in [2.45, 2.75) is 33.2 Å². The molecule has 0 spiro atoms. The van der Waals surface area contributed by atoms with E-state index >= 15 is 0 Å². The van der Waals surface area contributed by atoms with Gasteiger partial charge in [-0.2, -0.15) is 0 Å². The highest BCUT2D eigenvalue weighted by atomic mass is 16.3. The summed E-state index contributed by atoms with van der Waals surface area (Å²) >= 11 is 0. The minimum Gasteiger partial charge on any atom is -0.394 e. The highest BCUT2D eigenvalue weighted by Gasteiger charge is 2.21. The summed E-state index contributed by atoms with van der Waals surface area (Å²) < 4.78 is 0. The van der Waals surface area contributed by atoms with Crippen molar-refractivity contribution in [2.24, 2.45) is 17.6 Å². The molecule has 0 heterocycles. The summed E-state index contributed by atoms with van der Waals surface area (Å²) in [6, 6.07) is -0.143. The van der Waals surface area contributed by atoms with E-state index in [1.165, 1.54) is 0 Å². The van der Waals surface area contributed by atoms with Crippen LogP contribution in [0.1, 0.15) is 27.2 Å². The molecule has 14 heavy (non-hydrogen) atoms. The number of nitrogens with one attached hydrogen (secondary N) is 1. The maximum absolute atomic E-state index is 11.6. The minimum absolute atomic E-state index is 0.0162. The number of carbonyl (C=O) groups is 1. The van der Waals surface area contributed by atoms with Crippen LogP contribution in [0.4, 0.5) is 0 Å². The monoisotopic (exact) mass is 202 g/mol. The highest BCUT2D eigenvalue weighted by molar-refractivity contribution is 5.79. The second-order valence-electron chi connectivity index (χ2n) is 3.88. The summed E-state index contributed by atoms with van der Waals surface area (Å²) in [5.41, 5.74) is 5.51. The molecular weight excluding hydrogens is 180 g/mol. The Bertz CT molecular complexity index is 168. The summed E-state index contributed by atoms with van der Waals surface area (Å²) in [4.78, 5) is 11.6. The van der Waals surface area contributed by atoms with Crippen LogP contribution < -0.4 is 11.1 Å². The molecule has 1 amide bonds. The van der Waals surface area contributed by atoms with Crippen molar-refractivity contribution in [2.75, 3.05) is 13.2 Å². The average molecular weight is 202 g/mol. The maximum Gasteiger partial charge on any atom is 0.224 e. The van der Waals surface area contributed by atoms with Crippen molar-refractivity contribution in [1.82, 2.24) is 5.32 Å². The van der Waals surface area contributed by atoms with Crippen LogP contribution in [0.5, 0.6) is 0 Å². The fourth-order valence-corrected chi connectivity index (χ4v) is 1.27. The van der Waals surface area contributed by atoms with Crippen LogP contribution in [-0.2, 0) is 4.79 Å². The third-order valence-corrected chi connectivity index (χ3v) is 2.46. The first-order valence-corrected chi connectivity index (χ1v) is 5.18. The maximum atomic E-state index is 11.6. The van der Waals surface area contributed by atoms with Gasteiger partial charge in [-0.15, -0.1) is 0 Å². The molecule has 0 saturated heterocycles. The Morgan fingerprint density at radius 3 is 2.36 bits per heavy atom. The number of rotatable bonds is 6. The molecular formula is C10H22N2O2. The standard InChI is InChI=1S/C10H22N2O2/c1-4-8(6-13)12-10(14)9(5-11)7(2)3/h7-9,13H,4-6,11H2,1-3H3,(H,12,14)/t8-,9?/m0/s1. The van der Waals surface area contributed by atoms with Crippen LogP contribution in [0.25, 0.3) is 0 Å². The van der Waals surface area contributed by atoms with Gasteiger partial charge < -0.3 is 16.2 Å². The van der Waals surface area contributed by atoms with Gasteiger partial charge in [-0.3, -0.25) is 4.79 Å². The van der Waals surface area contributed by atoms with Crippen molar-refractivity contribution in [3.8, 4) is 0 Å². The molecule has 4 nitrogen and oxygen atoms in total. The van der Waals surface area contributed by atoms with Crippen LogP contribution in [0.15, 0.2) is 0 Å². The molecule has 84 valence electrons. The van der Waals surface area contributed by atoms with Crippen molar-refractivity contribution >= 4 is 5.91 Å². The van der Waals surface area contributed by atoms with E-state index in [-0.39, 0.29) is 30.4 Å². The molecule has 0 rings (SSSR count). The molecule has 0 bridgehead atoms. The van der Waals surface area contributed by atoms with Crippen molar-refractivity contribution in [3.63, 3.8) is 0 Å². The van der Waals surface area contributed by atoms with E-state index in [1.54, 1.807) is 0 Å². The summed E-state index contributed by atoms with van der Waals surface area (Å²) in [6.07, 6.45) is 0.734. The topological polar surface area (TPSA) is 75.3 Å². The van der Waals surface area contributed by atoms with Crippen LogP contribution in [0.3, 0.4) is 0 Å². The molecule has 0 aromatic rings. The van der Waals surface area contributed by atoms with Crippen LogP contribution >= 0.6 is 0 Å². The van der Waals surface area contributed by atoms with E-state index in [4.69, 9.17) is 10.8 Å². The van der Waals surface area contributed by atoms with E-state index in [0.29, 0.717) is 6.54 Å². The molecule has 1 unspecified atom stereocenters. The van der Waals surface area contributed by atoms with Gasteiger partial charge in [-0.25, -0.2) is 0 Å². The Balaban J connectivity index is 4.16. The summed E-state index contributed by atoms with van der Waals surface area (Å²) in [5.74, 6) is 0.0233.